The van der Waals surface area contributed by atoms with E-state index in [0.29, 0.717) is 6.54 Å². The number of ether oxygens (including phenoxy) is 1. The number of benzene rings is 2. The Morgan fingerprint density at radius 1 is 1.17 bits per heavy atom. The molecular formula is C18H17BrN2O3. The number of carbonyl (C=O) groups excluding carboxylic acids is 2. The molecule has 0 spiro atoms. The highest BCUT2D eigenvalue weighted by Gasteiger charge is 2.37. The second-order valence-corrected chi connectivity index (χ2v) is 6.50. The van der Waals surface area contributed by atoms with Gasteiger partial charge in [0.15, 0.2) is 0 Å². The van der Waals surface area contributed by atoms with Gasteiger partial charge in [-0.05, 0) is 23.3 Å². The first-order valence-corrected chi connectivity index (χ1v) is 8.43. The van der Waals surface area contributed by atoms with Gasteiger partial charge in [0.2, 0.25) is 5.91 Å². The molecule has 2 aromatic rings. The van der Waals surface area contributed by atoms with Crippen molar-refractivity contribution in [2.24, 2.45) is 0 Å². The van der Waals surface area contributed by atoms with Crippen molar-refractivity contribution >= 4 is 27.9 Å². The maximum atomic E-state index is 12.0. The van der Waals surface area contributed by atoms with E-state index in [1.165, 1.54) is 0 Å². The van der Waals surface area contributed by atoms with E-state index in [9.17, 15) is 9.59 Å². The van der Waals surface area contributed by atoms with Gasteiger partial charge in [0.1, 0.15) is 12.6 Å². The lowest BCUT2D eigenvalue weighted by atomic mass is 9.94. The molecule has 0 aromatic heterocycles. The van der Waals surface area contributed by atoms with E-state index in [2.05, 4.69) is 26.6 Å². The summed E-state index contributed by atoms with van der Waals surface area (Å²) in [7, 11) is 0. The number of alkyl carbamates (subject to hydrolysis) is 1. The topological polar surface area (TPSA) is 67.4 Å². The highest BCUT2D eigenvalue weighted by Crippen LogP contribution is 2.25. The Labute approximate surface area is 148 Å². The maximum absolute atomic E-state index is 12.0. The van der Waals surface area contributed by atoms with Gasteiger partial charge in [-0.2, -0.15) is 0 Å². The molecule has 1 heterocycles. The van der Waals surface area contributed by atoms with Crippen molar-refractivity contribution in [1.29, 1.82) is 0 Å². The fourth-order valence-corrected chi connectivity index (χ4v) is 2.96. The average molecular weight is 389 g/mol. The molecule has 6 heteroatoms. The normalized spacial score (nSPS) is 19.6. The first-order valence-electron chi connectivity index (χ1n) is 7.64. The molecule has 2 atom stereocenters. The molecule has 2 amide bonds. The van der Waals surface area contributed by atoms with Gasteiger partial charge in [0, 0.05) is 16.9 Å². The Balaban J connectivity index is 1.62. The van der Waals surface area contributed by atoms with Gasteiger partial charge in [-0.1, -0.05) is 58.4 Å². The molecule has 5 nitrogen and oxygen atoms in total. The minimum Gasteiger partial charge on any atom is -0.445 e. The number of halogens is 1. The third kappa shape index (κ3) is 3.94. The fraction of sp³-hybridized carbons (Fsp3) is 0.222. The zero-order valence-electron chi connectivity index (χ0n) is 12.9. The summed E-state index contributed by atoms with van der Waals surface area (Å²) in [5.41, 5.74) is 1.89. The van der Waals surface area contributed by atoms with Crippen LogP contribution in [0.5, 0.6) is 0 Å². The Bertz CT molecular complexity index is 719. The van der Waals surface area contributed by atoms with E-state index in [0.717, 1.165) is 15.6 Å². The van der Waals surface area contributed by atoms with Crippen molar-refractivity contribution < 1.29 is 14.3 Å². The van der Waals surface area contributed by atoms with Gasteiger partial charge in [-0.3, -0.25) is 4.79 Å². The van der Waals surface area contributed by atoms with Crippen LogP contribution in [0.2, 0.25) is 0 Å². The van der Waals surface area contributed by atoms with Crippen molar-refractivity contribution in [1.82, 2.24) is 10.6 Å². The summed E-state index contributed by atoms with van der Waals surface area (Å²) in [5, 5.41) is 5.47. The lowest BCUT2D eigenvalue weighted by Gasteiger charge is -2.18. The third-order valence-corrected chi connectivity index (χ3v) is 4.49. The van der Waals surface area contributed by atoms with Gasteiger partial charge < -0.3 is 15.4 Å². The molecule has 1 fully saturated rings. The number of carbonyl (C=O) groups is 2. The minimum absolute atomic E-state index is 0.116. The summed E-state index contributed by atoms with van der Waals surface area (Å²) in [6, 6.07) is 16.5. The Kier molecular flexibility index (Phi) is 5.15. The second kappa shape index (κ2) is 7.49. The molecule has 1 aliphatic heterocycles. The molecule has 2 aromatic carbocycles. The van der Waals surface area contributed by atoms with Crippen molar-refractivity contribution in [3.63, 3.8) is 0 Å². The van der Waals surface area contributed by atoms with Crippen LogP contribution in [0.25, 0.3) is 0 Å². The van der Waals surface area contributed by atoms with Crippen LogP contribution in [0.1, 0.15) is 17.0 Å². The molecule has 1 aliphatic rings. The third-order valence-electron chi connectivity index (χ3n) is 3.97. The van der Waals surface area contributed by atoms with Crippen LogP contribution >= 0.6 is 15.9 Å². The number of hydrogen-bond acceptors (Lipinski definition) is 3. The molecule has 124 valence electrons. The first-order chi connectivity index (χ1) is 11.6. The quantitative estimate of drug-likeness (QED) is 0.845. The number of hydrogen-bond donors (Lipinski definition) is 2. The Morgan fingerprint density at radius 2 is 1.88 bits per heavy atom. The number of amides is 2. The lowest BCUT2D eigenvalue weighted by Crippen LogP contribution is -2.43. The van der Waals surface area contributed by atoms with Crippen LogP contribution in [-0.2, 0) is 16.1 Å². The molecule has 0 saturated carbocycles. The van der Waals surface area contributed by atoms with Crippen molar-refractivity contribution in [2.45, 2.75) is 18.6 Å². The predicted molar refractivity (Wildman–Crippen MR) is 93.4 cm³/mol. The van der Waals surface area contributed by atoms with E-state index < -0.39 is 12.1 Å². The van der Waals surface area contributed by atoms with Crippen LogP contribution < -0.4 is 10.6 Å². The zero-order chi connectivity index (χ0) is 16.9. The minimum atomic E-state index is -0.630. The summed E-state index contributed by atoms with van der Waals surface area (Å²) in [5.74, 6) is -0.311. The predicted octanol–water partition coefficient (Wildman–Crippen LogP) is 2.96. The van der Waals surface area contributed by atoms with Gasteiger partial charge in [-0.25, -0.2) is 4.79 Å². The smallest absolute Gasteiger partial charge is 0.408 e. The van der Waals surface area contributed by atoms with E-state index >= 15 is 0 Å². The standard InChI is InChI=1S/C18H17BrN2O3/c19-14-8-6-13(7-9-14)15-10-20-17(22)16(15)21-18(23)24-11-12-4-2-1-3-5-12/h1-9,15-16H,10-11H2,(H,20,22)(H,21,23)/t15-,16-/m0/s1. The first kappa shape index (κ1) is 16.5. The van der Waals surface area contributed by atoms with Gasteiger partial charge in [0.05, 0.1) is 0 Å². The van der Waals surface area contributed by atoms with Gasteiger partial charge in [0.25, 0.3) is 0 Å². The van der Waals surface area contributed by atoms with Crippen molar-refractivity contribution in [2.75, 3.05) is 6.54 Å². The molecule has 2 N–H and O–H groups in total. The van der Waals surface area contributed by atoms with E-state index in [-0.39, 0.29) is 18.4 Å². The van der Waals surface area contributed by atoms with Gasteiger partial charge >= 0.3 is 6.09 Å². The van der Waals surface area contributed by atoms with E-state index in [1.54, 1.807) is 0 Å². The Morgan fingerprint density at radius 3 is 2.58 bits per heavy atom. The van der Waals surface area contributed by atoms with Gasteiger partial charge in [-0.15, -0.1) is 0 Å². The largest absolute Gasteiger partial charge is 0.445 e. The highest BCUT2D eigenvalue weighted by atomic mass is 79.9. The van der Waals surface area contributed by atoms with E-state index in [4.69, 9.17) is 4.74 Å². The second-order valence-electron chi connectivity index (χ2n) is 5.59. The molecular weight excluding hydrogens is 372 g/mol. The summed E-state index contributed by atoms with van der Waals surface area (Å²) in [6.45, 7) is 0.661. The van der Waals surface area contributed by atoms with E-state index in [1.807, 2.05) is 54.6 Å². The molecule has 0 unspecified atom stereocenters. The maximum Gasteiger partial charge on any atom is 0.408 e. The van der Waals surface area contributed by atoms with Crippen LogP contribution in [0.15, 0.2) is 59.1 Å². The molecule has 0 bridgehead atoms. The number of rotatable bonds is 4. The lowest BCUT2D eigenvalue weighted by molar-refractivity contribution is -0.120. The summed E-state index contributed by atoms with van der Waals surface area (Å²) < 4.78 is 6.17. The molecule has 0 radical (unpaired) electrons. The van der Waals surface area contributed by atoms with Crippen LogP contribution in [0.4, 0.5) is 4.79 Å². The van der Waals surface area contributed by atoms with Crippen molar-refractivity contribution in [3.8, 4) is 0 Å². The van der Waals surface area contributed by atoms with Crippen molar-refractivity contribution in [3.05, 3.63) is 70.2 Å². The molecule has 24 heavy (non-hydrogen) atoms. The molecule has 1 saturated heterocycles. The summed E-state index contributed by atoms with van der Waals surface area (Å²) in [4.78, 5) is 24.1. The molecule has 3 rings (SSSR count). The average Bonchev–Trinajstić information content (AvgIpc) is 2.95. The van der Waals surface area contributed by atoms with Crippen LogP contribution in [0, 0.1) is 0 Å². The fourth-order valence-electron chi connectivity index (χ4n) is 2.70. The van der Waals surface area contributed by atoms with Crippen LogP contribution in [0.3, 0.4) is 0 Å². The van der Waals surface area contributed by atoms with Crippen LogP contribution in [-0.4, -0.2) is 24.6 Å². The highest BCUT2D eigenvalue weighted by molar-refractivity contribution is 9.10. The zero-order valence-corrected chi connectivity index (χ0v) is 14.5. The Hall–Kier alpha value is -2.34. The SMILES string of the molecule is O=C(N[C@@H]1C(=O)NC[C@H]1c1ccc(Br)cc1)OCc1ccccc1. The summed E-state index contributed by atoms with van der Waals surface area (Å²) >= 11 is 3.39. The monoisotopic (exact) mass is 388 g/mol. The summed E-state index contributed by atoms with van der Waals surface area (Å²) in [6.07, 6.45) is -0.594. The molecule has 0 aliphatic carbocycles. The number of nitrogens with one attached hydrogen (secondary N) is 2.